The highest BCUT2D eigenvalue weighted by atomic mass is 32.1. The first-order chi connectivity index (χ1) is 10.4. The fraction of sp³-hybridized carbons (Fsp3) is 0.167. The molecule has 0 aliphatic heterocycles. The predicted octanol–water partition coefficient (Wildman–Crippen LogP) is 4.86. The average Bonchev–Trinajstić information content (AvgIpc) is 3.10. The van der Waals surface area contributed by atoms with Crippen LogP contribution in [0.2, 0.25) is 0 Å². The molecule has 2 heterocycles. The van der Waals surface area contributed by atoms with Gasteiger partial charge in [-0.1, -0.05) is 37.3 Å². The summed E-state index contributed by atoms with van der Waals surface area (Å²) in [6, 6.07) is 17.0. The summed E-state index contributed by atoms with van der Waals surface area (Å²) in [5.41, 5.74) is 3.70. The molecule has 2 nitrogen and oxygen atoms in total. The van der Waals surface area contributed by atoms with Crippen LogP contribution in [0.25, 0.3) is 21.1 Å². The molecule has 4 rings (SSSR count). The van der Waals surface area contributed by atoms with E-state index in [9.17, 15) is 0 Å². The van der Waals surface area contributed by atoms with Gasteiger partial charge in [-0.05, 0) is 34.5 Å². The molecule has 0 aliphatic rings. The van der Waals surface area contributed by atoms with Gasteiger partial charge in [-0.3, -0.25) is 0 Å². The topological polar surface area (TPSA) is 17.8 Å². The first kappa shape index (κ1) is 12.6. The minimum absolute atomic E-state index is 0.897. The van der Waals surface area contributed by atoms with Gasteiger partial charge in [0.25, 0.3) is 0 Å². The third-order valence-electron chi connectivity index (χ3n) is 3.94. The van der Waals surface area contributed by atoms with Crippen molar-refractivity contribution in [2.75, 3.05) is 0 Å². The van der Waals surface area contributed by atoms with Gasteiger partial charge in [0.05, 0.1) is 17.6 Å². The first-order valence-electron chi connectivity index (χ1n) is 7.26. The fourth-order valence-electron chi connectivity index (χ4n) is 2.90. The monoisotopic (exact) mass is 292 g/mol. The number of rotatable bonds is 3. The van der Waals surface area contributed by atoms with Gasteiger partial charge in [0.2, 0.25) is 0 Å². The quantitative estimate of drug-likeness (QED) is 0.527. The summed E-state index contributed by atoms with van der Waals surface area (Å²) in [5.74, 6) is 1.16. The maximum Gasteiger partial charge on any atom is 0.109 e. The molecule has 0 amide bonds. The van der Waals surface area contributed by atoms with Crippen LogP contribution in [0.15, 0.2) is 53.9 Å². The van der Waals surface area contributed by atoms with E-state index in [0.29, 0.717) is 0 Å². The number of para-hydroxylation sites is 2. The lowest BCUT2D eigenvalue weighted by Crippen LogP contribution is -2.03. The standard InChI is InChI=1S/C18H16N2S/c1-2-18-19-15-8-4-5-9-16(15)20(18)11-13-12-21-17-10-6-3-7-14(13)17/h3-10,12H,2,11H2,1H3. The lowest BCUT2D eigenvalue weighted by molar-refractivity contribution is 0.758. The zero-order valence-electron chi connectivity index (χ0n) is 11.9. The van der Waals surface area contributed by atoms with E-state index < -0.39 is 0 Å². The Bertz CT molecular complexity index is 917. The molecule has 2 aromatic heterocycles. The number of thiophene rings is 1. The Morgan fingerprint density at radius 1 is 1.05 bits per heavy atom. The van der Waals surface area contributed by atoms with E-state index in [1.807, 2.05) is 11.3 Å². The molecule has 104 valence electrons. The van der Waals surface area contributed by atoms with Gasteiger partial charge in [0, 0.05) is 11.1 Å². The maximum atomic E-state index is 4.76. The molecular formula is C18H16N2S. The Labute approximate surface area is 127 Å². The number of nitrogens with zero attached hydrogens (tertiary/aromatic N) is 2. The molecule has 0 fully saturated rings. The second-order valence-corrected chi connectivity index (χ2v) is 6.12. The van der Waals surface area contributed by atoms with Crippen LogP contribution in [0.1, 0.15) is 18.3 Å². The van der Waals surface area contributed by atoms with Crippen molar-refractivity contribution in [3.63, 3.8) is 0 Å². The van der Waals surface area contributed by atoms with Gasteiger partial charge in [-0.15, -0.1) is 11.3 Å². The number of aryl methyl sites for hydroxylation is 1. The maximum absolute atomic E-state index is 4.76. The number of fused-ring (bicyclic) bond motifs is 2. The third kappa shape index (κ3) is 2.05. The van der Waals surface area contributed by atoms with E-state index in [1.54, 1.807) is 0 Å². The van der Waals surface area contributed by atoms with Crippen molar-refractivity contribution in [1.82, 2.24) is 9.55 Å². The molecular weight excluding hydrogens is 276 g/mol. The predicted molar refractivity (Wildman–Crippen MR) is 90.0 cm³/mol. The number of imidazole rings is 1. The van der Waals surface area contributed by atoms with Crippen molar-refractivity contribution in [2.24, 2.45) is 0 Å². The highest BCUT2D eigenvalue weighted by molar-refractivity contribution is 7.17. The van der Waals surface area contributed by atoms with Crippen LogP contribution >= 0.6 is 11.3 Å². The molecule has 0 aliphatic carbocycles. The van der Waals surface area contributed by atoms with E-state index in [0.717, 1.165) is 24.3 Å². The highest BCUT2D eigenvalue weighted by Crippen LogP contribution is 2.28. The summed E-state index contributed by atoms with van der Waals surface area (Å²) in [7, 11) is 0. The lowest BCUT2D eigenvalue weighted by Gasteiger charge is -2.07. The third-order valence-corrected chi connectivity index (χ3v) is 4.95. The molecule has 0 radical (unpaired) electrons. The van der Waals surface area contributed by atoms with Crippen molar-refractivity contribution in [3.8, 4) is 0 Å². The van der Waals surface area contributed by atoms with Crippen molar-refractivity contribution in [3.05, 3.63) is 65.3 Å². The summed E-state index contributed by atoms with van der Waals surface area (Å²) < 4.78 is 3.71. The Morgan fingerprint density at radius 2 is 1.86 bits per heavy atom. The number of hydrogen-bond acceptors (Lipinski definition) is 2. The molecule has 0 N–H and O–H groups in total. The van der Waals surface area contributed by atoms with E-state index in [2.05, 4.69) is 65.4 Å². The molecule has 3 heteroatoms. The van der Waals surface area contributed by atoms with Crippen molar-refractivity contribution < 1.29 is 0 Å². The van der Waals surface area contributed by atoms with Crippen molar-refractivity contribution >= 4 is 32.5 Å². The van der Waals surface area contributed by atoms with Crippen LogP contribution in [0.3, 0.4) is 0 Å². The molecule has 21 heavy (non-hydrogen) atoms. The van der Waals surface area contributed by atoms with E-state index in [1.165, 1.54) is 21.2 Å². The molecule has 0 unspecified atom stereocenters. The minimum Gasteiger partial charge on any atom is -0.323 e. The number of aromatic nitrogens is 2. The van der Waals surface area contributed by atoms with E-state index in [-0.39, 0.29) is 0 Å². The van der Waals surface area contributed by atoms with Gasteiger partial charge in [0.1, 0.15) is 5.82 Å². The largest absolute Gasteiger partial charge is 0.323 e. The average molecular weight is 292 g/mol. The molecule has 0 saturated carbocycles. The van der Waals surface area contributed by atoms with Crippen LogP contribution < -0.4 is 0 Å². The van der Waals surface area contributed by atoms with E-state index >= 15 is 0 Å². The molecule has 0 bridgehead atoms. The Kier molecular flexibility index (Phi) is 3.00. The minimum atomic E-state index is 0.897. The summed E-state index contributed by atoms with van der Waals surface area (Å²) >= 11 is 1.82. The highest BCUT2D eigenvalue weighted by Gasteiger charge is 2.11. The summed E-state index contributed by atoms with van der Waals surface area (Å²) in [6.07, 6.45) is 0.955. The Morgan fingerprint density at radius 3 is 2.76 bits per heavy atom. The van der Waals surface area contributed by atoms with Gasteiger partial charge >= 0.3 is 0 Å². The Hall–Kier alpha value is -2.13. The Balaban J connectivity index is 1.87. The summed E-state index contributed by atoms with van der Waals surface area (Å²) in [4.78, 5) is 4.76. The molecule has 0 saturated heterocycles. The number of hydrogen-bond donors (Lipinski definition) is 0. The summed E-state index contributed by atoms with van der Waals surface area (Å²) in [5, 5.41) is 3.64. The first-order valence-corrected chi connectivity index (χ1v) is 8.14. The fourth-order valence-corrected chi connectivity index (χ4v) is 3.85. The second-order valence-electron chi connectivity index (χ2n) is 5.21. The SMILES string of the molecule is CCc1nc2ccccc2n1Cc1csc2ccccc12. The molecule has 0 atom stereocenters. The van der Waals surface area contributed by atoms with Gasteiger partial charge in [-0.25, -0.2) is 4.98 Å². The molecule has 4 aromatic rings. The van der Waals surface area contributed by atoms with Gasteiger partial charge < -0.3 is 4.57 Å². The van der Waals surface area contributed by atoms with Crippen molar-refractivity contribution in [1.29, 1.82) is 0 Å². The number of benzene rings is 2. The summed E-state index contributed by atoms with van der Waals surface area (Å²) in [6.45, 7) is 3.07. The van der Waals surface area contributed by atoms with Gasteiger partial charge in [0.15, 0.2) is 0 Å². The smallest absolute Gasteiger partial charge is 0.109 e. The molecule has 0 spiro atoms. The van der Waals surface area contributed by atoms with Crippen LogP contribution in [0.4, 0.5) is 0 Å². The van der Waals surface area contributed by atoms with Crippen LogP contribution in [0.5, 0.6) is 0 Å². The van der Waals surface area contributed by atoms with Crippen LogP contribution in [-0.4, -0.2) is 9.55 Å². The van der Waals surface area contributed by atoms with E-state index in [4.69, 9.17) is 4.98 Å². The normalized spacial score (nSPS) is 11.5. The molecule has 2 aromatic carbocycles. The zero-order chi connectivity index (χ0) is 14.2. The van der Waals surface area contributed by atoms with Crippen LogP contribution in [0, 0.1) is 0 Å². The van der Waals surface area contributed by atoms with Crippen LogP contribution in [-0.2, 0) is 13.0 Å². The van der Waals surface area contributed by atoms with Gasteiger partial charge in [-0.2, -0.15) is 0 Å². The zero-order valence-corrected chi connectivity index (χ0v) is 12.7. The lowest BCUT2D eigenvalue weighted by atomic mass is 10.2. The van der Waals surface area contributed by atoms with Crippen molar-refractivity contribution in [2.45, 2.75) is 19.9 Å². The second kappa shape index (κ2) is 5.01.